The van der Waals surface area contributed by atoms with Crippen LogP contribution in [0.15, 0.2) is 30.3 Å². The SMILES string of the molecule is CCNC(c1ccc(OC)cc1)c1cc(C)nnc1CC. The van der Waals surface area contributed by atoms with Crippen LogP contribution < -0.4 is 10.1 Å². The summed E-state index contributed by atoms with van der Waals surface area (Å²) < 4.78 is 5.24. The van der Waals surface area contributed by atoms with Gasteiger partial charge in [-0.1, -0.05) is 26.0 Å². The Labute approximate surface area is 126 Å². The van der Waals surface area contributed by atoms with Gasteiger partial charge >= 0.3 is 0 Å². The smallest absolute Gasteiger partial charge is 0.118 e. The molecular formula is C17H23N3O. The van der Waals surface area contributed by atoms with Crippen molar-refractivity contribution < 1.29 is 4.74 Å². The molecule has 0 fully saturated rings. The van der Waals surface area contributed by atoms with Crippen LogP contribution in [0, 0.1) is 6.92 Å². The number of ether oxygens (including phenoxy) is 1. The number of aromatic nitrogens is 2. The summed E-state index contributed by atoms with van der Waals surface area (Å²) in [5.74, 6) is 0.869. The highest BCUT2D eigenvalue weighted by atomic mass is 16.5. The maximum atomic E-state index is 5.24. The summed E-state index contributed by atoms with van der Waals surface area (Å²) >= 11 is 0. The molecule has 112 valence electrons. The predicted octanol–water partition coefficient (Wildman–Crippen LogP) is 3.05. The Morgan fingerprint density at radius 1 is 1.14 bits per heavy atom. The van der Waals surface area contributed by atoms with Crippen LogP contribution in [0.1, 0.15) is 42.4 Å². The highest BCUT2D eigenvalue weighted by Gasteiger charge is 2.17. The van der Waals surface area contributed by atoms with Crippen molar-refractivity contribution in [3.63, 3.8) is 0 Å². The van der Waals surface area contributed by atoms with Crippen LogP contribution in [-0.2, 0) is 6.42 Å². The number of methoxy groups -OCH3 is 1. The van der Waals surface area contributed by atoms with Crippen LogP contribution in [0.25, 0.3) is 0 Å². The first-order chi connectivity index (χ1) is 10.2. The lowest BCUT2D eigenvalue weighted by molar-refractivity contribution is 0.414. The van der Waals surface area contributed by atoms with Crippen LogP contribution in [0.3, 0.4) is 0 Å². The van der Waals surface area contributed by atoms with E-state index in [1.807, 2.05) is 19.1 Å². The van der Waals surface area contributed by atoms with Crippen molar-refractivity contribution in [1.82, 2.24) is 15.5 Å². The topological polar surface area (TPSA) is 47.0 Å². The maximum Gasteiger partial charge on any atom is 0.118 e. The van der Waals surface area contributed by atoms with Crippen molar-refractivity contribution >= 4 is 0 Å². The van der Waals surface area contributed by atoms with Gasteiger partial charge in [0, 0.05) is 0 Å². The molecule has 0 amide bonds. The molecule has 0 saturated heterocycles. The molecule has 0 aliphatic rings. The molecular weight excluding hydrogens is 262 g/mol. The van der Waals surface area contributed by atoms with Crippen molar-refractivity contribution in [2.24, 2.45) is 0 Å². The minimum absolute atomic E-state index is 0.130. The van der Waals surface area contributed by atoms with Gasteiger partial charge in [0.2, 0.25) is 0 Å². The van der Waals surface area contributed by atoms with Gasteiger partial charge in [-0.3, -0.25) is 0 Å². The number of nitrogens with one attached hydrogen (secondary N) is 1. The van der Waals surface area contributed by atoms with Gasteiger partial charge in [-0.05, 0) is 49.2 Å². The molecule has 1 N–H and O–H groups in total. The van der Waals surface area contributed by atoms with E-state index in [1.165, 1.54) is 11.1 Å². The minimum Gasteiger partial charge on any atom is -0.497 e. The Morgan fingerprint density at radius 2 is 1.86 bits per heavy atom. The first kappa shape index (κ1) is 15.4. The zero-order chi connectivity index (χ0) is 15.2. The Kier molecular flexibility index (Phi) is 5.28. The number of hydrogen-bond donors (Lipinski definition) is 1. The van der Waals surface area contributed by atoms with E-state index in [0.29, 0.717) is 0 Å². The van der Waals surface area contributed by atoms with E-state index in [4.69, 9.17) is 4.74 Å². The molecule has 4 nitrogen and oxygen atoms in total. The van der Waals surface area contributed by atoms with Crippen molar-refractivity contribution in [2.75, 3.05) is 13.7 Å². The monoisotopic (exact) mass is 285 g/mol. The summed E-state index contributed by atoms with van der Waals surface area (Å²) in [6.45, 7) is 7.09. The molecule has 0 radical (unpaired) electrons. The Bertz CT molecular complexity index is 581. The van der Waals surface area contributed by atoms with Gasteiger partial charge in [-0.15, -0.1) is 0 Å². The number of hydrogen-bond acceptors (Lipinski definition) is 4. The van der Waals surface area contributed by atoms with Gasteiger partial charge in [0.05, 0.1) is 24.5 Å². The van der Waals surface area contributed by atoms with E-state index in [9.17, 15) is 0 Å². The molecule has 1 unspecified atom stereocenters. The second-order valence-corrected chi connectivity index (χ2v) is 5.01. The third-order valence-electron chi connectivity index (χ3n) is 3.53. The lowest BCUT2D eigenvalue weighted by atomic mass is 9.96. The van der Waals surface area contributed by atoms with E-state index in [-0.39, 0.29) is 6.04 Å². The van der Waals surface area contributed by atoms with Crippen LogP contribution >= 0.6 is 0 Å². The third-order valence-corrected chi connectivity index (χ3v) is 3.53. The zero-order valence-corrected chi connectivity index (χ0v) is 13.2. The molecule has 0 aliphatic carbocycles. The molecule has 0 spiro atoms. The van der Waals surface area contributed by atoms with Crippen LogP contribution in [-0.4, -0.2) is 23.9 Å². The fourth-order valence-electron chi connectivity index (χ4n) is 2.47. The molecule has 1 heterocycles. The average Bonchev–Trinajstić information content (AvgIpc) is 2.53. The molecule has 4 heteroatoms. The lowest BCUT2D eigenvalue weighted by Gasteiger charge is -2.21. The summed E-state index contributed by atoms with van der Waals surface area (Å²) in [6, 6.07) is 10.4. The summed E-state index contributed by atoms with van der Waals surface area (Å²) in [7, 11) is 1.68. The highest BCUT2D eigenvalue weighted by molar-refractivity contribution is 5.37. The largest absolute Gasteiger partial charge is 0.497 e. The summed E-state index contributed by atoms with van der Waals surface area (Å²) in [6.07, 6.45) is 0.876. The quantitative estimate of drug-likeness (QED) is 0.886. The van der Waals surface area contributed by atoms with E-state index < -0.39 is 0 Å². The van der Waals surface area contributed by atoms with Gasteiger partial charge in [0.25, 0.3) is 0 Å². The predicted molar refractivity (Wildman–Crippen MR) is 84.7 cm³/mol. The Balaban J connectivity index is 2.44. The number of nitrogens with zero attached hydrogens (tertiary/aromatic N) is 2. The van der Waals surface area contributed by atoms with Gasteiger partial charge in [0.1, 0.15) is 5.75 Å². The van der Waals surface area contributed by atoms with Crippen LogP contribution in [0.2, 0.25) is 0 Å². The first-order valence-corrected chi connectivity index (χ1v) is 7.40. The second-order valence-electron chi connectivity index (χ2n) is 5.01. The Morgan fingerprint density at radius 3 is 2.43 bits per heavy atom. The van der Waals surface area contributed by atoms with Gasteiger partial charge in [0.15, 0.2) is 0 Å². The number of aryl methyl sites for hydroxylation is 2. The third kappa shape index (κ3) is 3.58. The lowest BCUT2D eigenvalue weighted by Crippen LogP contribution is -2.24. The summed E-state index contributed by atoms with van der Waals surface area (Å²) in [4.78, 5) is 0. The summed E-state index contributed by atoms with van der Waals surface area (Å²) in [5, 5.41) is 12.1. The van der Waals surface area contributed by atoms with Gasteiger partial charge in [-0.2, -0.15) is 10.2 Å². The van der Waals surface area contributed by atoms with Crippen molar-refractivity contribution in [3.8, 4) is 5.75 Å². The molecule has 1 aromatic heterocycles. The molecule has 0 bridgehead atoms. The van der Waals surface area contributed by atoms with E-state index in [0.717, 1.165) is 30.1 Å². The van der Waals surface area contributed by atoms with Crippen LogP contribution in [0.4, 0.5) is 0 Å². The molecule has 2 rings (SSSR count). The van der Waals surface area contributed by atoms with E-state index >= 15 is 0 Å². The average molecular weight is 285 g/mol. The molecule has 1 aromatic carbocycles. The first-order valence-electron chi connectivity index (χ1n) is 7.40. The van der Waals surface area contributed by atoms with Crippen molar-refractivity contribution in [1.29, 1.82) is 0 Å². The molecule has 2 aromatic rings. The second kappa shape index (κ2) is 7.18. The minimum atomic E-state index is 0.130. The molecule has 0 aliphatic heterocycles. The normalized spacial score (nSPS) is 12.2. The number of benzene rings is 1. The summed E-state index contributed by atoms with van der Waals surface area (Å²) in [5.41, 5.74) is 4.40. The molecule has 1 atom stereocenters. The Hall–Kier alpha value is -1.94. The standard InChI is InChI=1S/C17H23N3O/c1-5-16-15(11-12(3)19-20-16)17(18-6-2)13-7-9-14(21-4)10-8-13/h7-11,17-18H,5-6H2,1-4H3. The van der Waals surface area contributed by atoms with Crippen molar-refractivity contribution in [2.45, 2.75) is 33.2 Å². The fraction of sp³-hybridized carbons (Fsp3) is 0.412. The van der Waals surface area contributed by atoms with E-state index in [1.54, 1.807) is 7.11 Å². The molecule has 0 saturated carbocycles. The van der Waals surface area contributed by atoms with Gasteiger partial charge < -0.3 is 10.1 Å². The fourth-order valence-corrected chi connectivity index (χ4v) is 2.47. The van der Waals surface area contributed by atoms with Gasteiger partial charge in [-0.25, -0.2) is 0 Å². The van der Waals surface area contributed by atoms with Crippen molar-refractivity contribution in [3.05, 3.63) is 52.8 Å². The zero-order valence-electron chi connectivity index (χ0n) is 13.2. The van der Waals surface area contributed by atoms with E-state index in [2.05, 4.69) is 47.6 Å². The highest BCUT2D eigenvalue weighted by Crippen LogP contribution is 2.26. The molecule has 21 heavy (non-hydrogen) atoms. The number of rotatable bonds is 6. The maximum absolute atomic E-state index is 5.24. The van der Waals surface area contributed by atoms with Crippen LogP contribution in [0.5, 0.6) is 5.75 Å².